The molecule has 2 aromatic carbocycles. The summed E-state index contributed by atoms with van der Waals surface area (Å²) in [6, 6.07) is 12.3. The van der Waals surface area contributed by atoms with Crippen molar-refractivity contribution in [3.63, 3.8) is 0 Å². The van der Waals surface area contributed by atoms with E-state index in [2.05, 4.69) is 5.32 Å². The van der Waals surface area contributed by atoms with Gasteiger partial charge in [-0.15, -0.1) is 0 Å². The molecule has 30 heavy (non-hydrogen) atoms. The zero-order chi connectivity index (χ0) is 21.7. The van der Waals surface area contributed by atoms with Crippen LogP contribution in [0.25, 0.3) is 11.0 Å². The predicted octanol–water partition coefficient (Wildman–Crippen LogP) is 2.99. The molecular formula is C21H18N2O7. The average Bonchev–Trinajstić information content (AvgIpc) is 2.72. The minimum atomic E-state index is -0.730. The van der Waals surface area contributed by atoms with Gasteiger partial charge in [-0.3, -0.25) is 14.9 Å². The predicted molar refractivity (Wildman–Crippen MR) is 108 cm³/mol. The molecule has 1 N–H and O–H groups in total. The Morgan fingerprint density at radius 2 is 1.93 bits per heavy atom. The quantitative estimate of drug-likeness (QED) is 0.208. The van der Waals surface area contributed by atoms with E-state index in [1.807, 2.05) is 0 Å². The van der Waals surface area contributed by atoms with Gasteiger partial charge in [0.05, 0.1) is 17.1 Å². The van der Waals surface area contributed by atoms with E-state index in [1.165, 1.54) is 31.2 Å². The van der Waals surface area contributed by atoms with Crippen LogP contribution in [0.5, 0.6) is 0 Å². The number of carbonyl (C=O) groups is 2. The Bertz CT molecular complexity index is 1180. The van der Waals surface area contributed by atoms with Crippen LogP contribution in [-0.4, -0.2) is 30.0 Å². The number of benzene rings is 2. The van der Waals surface area contributed by atoms with Crippen LogP contribution in [0.2, 0.25) is 0 Å². The number of amides is 1. The molecule has 1 heterocycles. The Labute approximate surface area is 170 Å². The molecule has 0 fully saturated rings. The zero-order valence-electron chi connectivity index (χ0n) is 16.0. The summed E-state index contributed by atoms with van der Waals surface area (Å²) < 4.78 is 10.2. The molecule has 154 valence electrons. The number of hydrogen-bond donors (Lipinski definition) is 1. The van der Waals surface area contributed by atoms with Crippen LogP contribution in [0.15, 0.2) is 57.7 Å². The minimum absolute atomic E-state index is 0.0292. The maximum Gasteiger partial charge on any atom is 0.349 e. The van der Waals surface area contributed by atoms with E-state index in [1.54, 1.807) is 24.3 Å². The molecule has 0 spiro atoms. The van der Waals surface area contributed by atoms with Crippen LogP contribution >= 0.6 is 0 Å². The largest absolute Gasteiger partial charge is 0.462 e. The highest BCUT2D eigenvalue weighted by atomic mass is 16.6. The monoisotopic (exact) mass is 410 g/mol. The van der Waals surface area contributed by atoms with Crippen molar-refractivity contribution in [1.82, 2.24) is 5.32 Å². The molecule has 0 atom stereocenters. The van der Waals surface area contributed by atoms with Gasteiger partial charge in [0.25, 0.3) is 11.6 Å². The Morgan fingerprint density at radius 1 is 1.17 bits per heavy atom. The van der Waals surface area contributed by atoms with Crippen LogP contribution in [0.3, 0.4) is 0 Å². The second kappa shape index (κ2) is 8.99. The molecule has 3 aromatic rings. The number of rotatable bonds is 7. The van der Waals surface area contributed by atoms with Crippen molar-refractivity contribution >= 4 is 28.5 Å². The molecule has 3 rings (SSSR count). The summed E-state index contributed by atoms with van der Waals surface area (Å²) in [6.07, 6.45) is 0.322. The van der Waals surface area contributed by atoms with E-state index in [9.17, 15) is 24.5 Å². The second-order valence-corrected chi connectivity index (χ2v) is 6.49. The van der Waals surface area contributed by atoms with Crippen LogP contribution in [0, 0.1) is 17.0 Å². The molecule has 0 aliphatic heterocycles. The van der Waals surface area contributed by atoms with Gasteiger partial charge in [-0.25, -0.2) is 9.59 Å². The van der Waals surface area contributed by atoms with E-state index < -0.39 is 22.4 Å². The lowest BCUT2D eigenvalue weighted by molar-refractivity contribution is -0.385. The Hall–Kier alpha value is -4.01. The van der Waals surface area contributed by atoms with E-state index in [0.29, 0.717) is 23.0 Å². The highest BCUT2D eigenvalue weighted by Crippen LogP contribution is 2.19. The lowest BCUT2D eigenvalue weighted by atomic mass is 10.1. The number of esters is 1. The lowest BCUT2D eigenvalue weighted by Crippen LogP contribution is -2.29. The molecule has 0 radical (unpaired) electrons. The minimum Gasteiger partial charge on any atom is -0.462 e. The van der Waals surface area contributed by atoms with Gasteiger partial charge in [-0.05, 0) is 37.6 Å². The van der Waals surface area contributed by atoms with Gasteiger partial charge in [0.1, 0.15) is 11.1 Å². The van der Waals surface area contributed by atoms with E-state index in [-0.39, 0.29) is 30.0 Å². The fourth-order valence-electron chi connectivity index (χ4n) is 2.83. The number of nitrogens with one attached hydrogen (secondary N) is 1. The third kappa shape index (κ3) is 4.69. The molecule has 0 bridgehead atoms. The van der Waals surface area contributed by atoms with Crippen molar-refractivity contribution in [3.8, 4) is 0 Å². The van der Waals surface area contributed by atoms with Crippen LogP contribution in [0.1, 0.15) is 32.7 Å². The molecule has 0 saturated heterocycles. The van der Waals surface area contributed by atoms with Crippen molar-refractivity contribution in [3.05, 3.63) is 85.8 Å². The maximum absolute atomic E-state index is 12.2. The average molecular weight is 410 g/mol. The fourth-order valence-corrected chi connectivity index (χ4v) is 2.83. The van der Waals surface area contributed by atoms with E-state index in [0.717, 1.165) is 0 Å². The number of nitrogens with zero attached hydrogens (tertiary/aromatic N) is 1. The van der Waals surface area contributed by atoms with Gasteiger partial charge >= 0.3 is 11.6 Å². The number of carbonyl (C=O) groups excluding carboxylic acids is 2. The summed E-state index contributed by atoms with van der Waals surface area (Å²) in [5.74, 6) is -1.19. The number of nitro benzene ring substituents is 1. The van der Waals surface area contributed by atoms with Gasteiger partial charge in [-0.2, -0.15) is 0 Å². The summed E-state index contributed by atoms with van der Waals surface area (Å²) in [5, 5.41) is 14.0. The number of fused-ring (bicyclic) bond motifs is 1. The van der Waals surface area contributed by atoms with Crippen molar-refractivity contribution < 1.29 is 23.7 Å². The molecular weight excluding hydrogens is 392 g/mol. The highest BCUT2D eigenvalue weighted by Gasteiger charge is 2.15. The molecule has 0 unspecified atom stereocenters. The second-order valence-electron chi connectivity index (χ2n) is 6.49. The fraction of sp³-hybridized carbons (Fsp3) is 0.190. The third-order valence-electron chi connectivity index (χ3n) is 4.36. The molecule has 9 nitrogen and oxygen atoms in total. The normalized spacial score (nSPS) is 10.6. The summed E-state index contributed by atoms with van der Waals surface area (Å²) in [7, 11) is 0. The molecule has 9 heteroatoms. The highest BCUT2D eigenvalue weighted by molar-refractivity contribution is 5.96. The summed E-state index contributed by atoms with van der Waals surface area (Å²) in [5.41, 5.74) is 0.0462. The van der Waals surface area contributed by atoms with Crippen LogP contribution < -0.4 is 10.9 Å². The van der Waals surface area contributed by atoms with Crippen LogP contribution in [0.4, 0.5) is 5.69 Å². The Balaban J connectivity index is 1.49. The molecule has 0 aliphatic carbocycles. The maximum atomic E-state index is 12.2. The van der Waals surface area contributed by atoms with Gasteiger partial charge in [0.2, 0.25) is 0 Å². The first-order valence-corrected chi connectivity index (χ1v) is 9.10. The topological polar surface area (TPSA) is 129 Å². The summed E-state index contributed by atoms with van der Waals surface area (Å²) in [4.78, 5) is 46.5. The Kier molecular flexibility index (Phi) is 6.21. The third-order valence-corrected chi connectivity index (χ3v) is 4.36. The van der Waals surface area contributed by atoms with Crippen molar-refractivity contribution in [2.24, 2.45) is 0 Å². The SMILES string of the molecule is Cc1cc(C(=O)OCCCNC(=O)c2cc3ccccc3oc2=O)ccc1[N+](=O)[O-]. The van der Waals surface area contributed by atoms with Crippen molar-refractivity contribution in [2.75, 3.05) is 13.2 Å². The number of hydrogen-bond acceptors (Lipinski definition) is 7. The zero-order valence-corrected chi connectivity index (χ0v) is 16.0. The number of aryl methyl sites for hydroxylation is 1. The van der Waals surface area contributed by atoms with Gasteiger partial charge < -0.3 is 14.5 Å². The number of ether oxygens (including phenoxy) is 1. The lowest BCUT2D eigenvalue weighted by Gasteiger charge is -2.07. The van der Waals surface area contributed by atoms with Crippen LogP contribution in [-0.2, 0) is 4.74 Å². The van der Waals surface area contributed by atoms with E-state index in [4.69, 9.17) is 9.15 Å². The first-order chi connectivity index (χ1) is 14.4. The molecule has 1 aromatic heterocycles. The molecule has 0 saturated carbocycles. The van der Waals surface area contributed by atoms with Gasteiger partial charge in [0.15, 0.2) is 0 Å². The number of nitro groups is 1. The van der Waals surface area contributed by atoms with Gasteiger partial charge in [0, 0.05) is 23.6 Å². The van der Waals surface area contributed by atoms with Gasteiger partial charge in [-0.1, -0.05) is 18.2 Å². The summed E-state index contributed by atoms with van der Waals surface area (Å²) in [6.45, 7) is 1.74. The summed E-state index contributed by atoms with van der Waals surface area (Å²) >= 11 is 0. The smallest absolute Gasteiger partial charge is 0.349 e. The molecule has 0 aliphatic rings. The first kappa shape index (κ1) is 20.7. The van der Waals surface area contributed by atoms with Crippen molar-refractivity contribution in [1.29, 1.82) is 0 Å². The number of para-hydroxylation sites is 1. The standard InChI is InChI=1S/C21H18N2O7/c1-13-11-15(7-8-17(13)23(27)28)20(25)29-10-4-9-22-19(24)16-12-14-5-2-3-6-18(14)30-21(16)26/h2-3,5-8,11-12H,4,9-10H2,1H3,(H,22,24). The Morgan fingerprint density at radius 3 is 2.67 bits per heavy atom. The van der Waals surface area contributed by atoms with Crippen molar-refractivity contribution in [2.45, 2.75) is 13.3 Å². The molecule has 1 amide bonds. The first-order valence-electron chi connectivity index (χ1n) is 9.10. The van der Waals surface area contributed by atoms with E-state index >= 15 is 0 Å².